The lowest BCUT2D eigenvalue weighted by Gasteiger charge is -2.39. The third kappa shape index (κ3) is 4.39. The molecule has 1 aliphatic rings. The number of likely N-dealkylation sites (tertiary alicyclic amines) is 1. The quantitative estimate of drug-likeness (QED) is 0.623. The molecule has 0 saturated carbocycles. The van der Waals surface area contributed by atoms with Crippen LogP contribution in [0.3, 0.4) is 0 Å². The lowest BCUT2D eigenvalue weighted by Crippen LogP contribution is -2.52. The third-order valence-electron chi connectivity index (χ3n) is 5.85. The van der Waals surface area contributed by atoms with Gasteiger partial charge in [0.2, 0.25) is 5.91 Å². The Balaban J connectivity index is 1.37. The van der Waals surface area contributed by atoms with Gasteiger partial charge in [-0.3, -0.25) is 14.4 Å². The molecule has 1 fully saturated rings. The molecule has 1 saturated heterocycles. The molecule has 9 nitrogen and oxygen atoms in total. The van der Waals surface area contributed by atoms with Gasteiger partial charge in [0.1, 0.15) is 17.3 Å². The zero-order chi connectivity index (χ0) is 22.9. The van der Waals surface area contributed by atoms with E-state index < -0.39 is 5.41 Å². The van der Waals surface area contributed by atoms with Gasteiger partial charge in [0.15, 0.2) is 0 Å². The van der Waals surface area contributed by atoms with Gasteiger partial charge in [-0.05, 0) is 44.0 Å². The average Bonchev–Trinajstić information content (AvgIpc) is 3.17. The molecule has 3 heterocycles. The van der Waals surface area contributed by atoms with Crippen molar-refractivity contribution < 1.29 is 14.0 Å². The summed E-state index contributed by atoms with van der Waals surface area (Å²) in [7, 11) is 1.49. The Morgan fingerprint density at radius 3 is 2.88 bits per heavy atom. The van der Waals surface area contributed by atoms with Crippen LogP contribution in [0.1, 0.15) is 36.1 Å². The second kappa shape index (κ2) is 8.52. The number of fused-ring (bicyclic) bond motifs is 1. The number of nitrogens with zero attached hydrogens (tertiary/aromatic N) is 4. The second-order valence-electron chi connectivity index (χ2n) is 8.42. The molecule has 1 atom stereocenters. The Morgan fingerprint density at radius 1 is 1.28 bits per heavy atom. The monoisotopic (exact) mass is 440 g/mol. The summed E-state index contributed by atoms with van der Waals surface area (Å²) < 4.78 is 14.5. The molecule has 2 N–H and O–H groups in total. The number of aromatic amines is 1. The summed E-state index contributed by atoms with van der Waals surface area (Å²) in [4.78, 5) is 46.4. The fraction of sp³-hybridized carbons (Fsp3) is 0.409. The van der Waals surface area contributed by atoms with Crippen LogP contribution in [0.25, 0.3) is 11.0 Å². The SMILES string of the molecule is Cn1nc(C(=O)N2CCC[C@](C)(C(=O)NCCc3nc4ccc(F)cc4[nH]3)C2)ccc1=O. The van der Waals surface area contributed by atoms with Crippen LogP contribution in [0.5, 0.6) is 0 Å². The maximum atomic E-state index is 13.3. The number of hydrogen-bond donors (Lipinski definition) is 2. The molecule has 1 aromatic carbocycles. The fourth-order valence-corrected chi connectivity index (χ4v) is 4.04. The number of carbonyl (C=O) groups is 2. The number of amides is 2. The molecule has 0 spiro atoms. The van der Waals surface area contributed by atoms with Crippen LogP contribution in [0.4, 0.5) is 4.39 Å². The van der Waals surface area contributed by atoms with Crippen molar-refractivity contribution >= 4 is 22.8 Å². The molecule has 32 heavy (non-hydrogen) atoms. The minimum atomic E-state index is -0.731. The summed E-state index contributed by atoms with van der Waals surface area (Å²) >= 11 is 0. The maximum absolute atomic E-state index is 13.3. The Bertz CT molecular complexity index is 1240. The number of carbonyl (C=O) groups excluding carboxylic acids is 2. The summed E-state index contributed by atoms with van der Waals surface area (Å²) in [6.07, 6.45) is 1.83. The number of benzene rings is 1. The van der Waals surface area contributed by atoms with Crippen molar-refractivity contribution in [3.63, 3.8) is 0 Å². The van der Waals surface area contributed by atoms with Crippen LogP contribution in [0, 0.1) is 11.2 Å². The molecule has 3 aromatic rings. The summed E-state index contributed by atoms with van der Waals surface area (Å²) in [6, 6.07) is 7.07. The van der Waals surface area contributed by atoms with E-state index in [0.717, 1.165) is 4.68 Å². The van der Waals surface area contributed by atoms with E-state index >= 15 is 0 Å². The van der Waals surface area contributed by atoms with E-state index in [-0.39, 0.29) is 35.4 Å². The van der Waals surface area contributed by atoms with Crippen LogP contribution >= 0.6 is 0 Å². The van der Waals surface area contributed by atoms with Crippen molar-refractivity contribution in [3.8, 4) is 0 Å². The van der Waals surface area contributed by atoms with Crippen molar-refractivity contribution in [1.29, 1.82) is 0 Å². The van der Waals surface area contributed by atoms with Gasteiger partial charge in [-0.25, -0.2) is 14.1 Å². The van der Waals surface area contributed by atoms with Crippen LogP contribution in [-0.2, 0) is 18.3 Å². The molecule has 168 valence electrons. The molecule has 1 aliphatic heterocycles. The largest absolute Gasteiger partial charge is 0.355 e. The highest BCUT2D eigenvalue weighted by molar-refractivity contribution is 5.93. The number of halogens is 1. The summed E-state index contributed by atoms with van der Waals surface area (Å²) in [5.41, 5.74) is 0.447. The zero-order valence-electron chi connectivity index (χ0n) is 18.0. The molecule has 2 amide bonds. The summed E-state index contributed by atoms with van der Waals surface area (Å²) in [5, 5.41) is 6.97. The second-order valence-corrected chi connectivity index (χ2v) is 8.42. The Labute approximate surface area is 183 Å². The molecule has 0 unspecified atom stereocenters. The van der Waals surface area contributed by atoms with Crippen molar-refractivity contribution in [2.75, 3.05) is 19.6 Å². The van der Waals surface area contributed by atoms with E-state index in [1.807, 2.05) is 6.92 Å². The first-order valence-electron chi connectivity index (χ1n) is 10.5. The van der Waals surface area contributed by atoms with E-state index in [1.165, 1.54) is 31.3 Å². The molecule has 2 aromatic heterocycles. The van der Waals surface area contributed by atoms with Gasteiger partial charge in [0.25, 0.3) is 11.5 Å². The van der Waals surface area contributed by atoms with Gasteiger partial charge in [-0.1, -0.05) is 0 Å². The van der Waals surface area contributed by atoms with Gasteiger partial charge < -0.3 is 15.2 Å². The Hall–Kier alpha value is -3.56. The van der Waals surface area contributed by atoms with Gasteiger partial charge in [0.05, 0.1) is 16.4 Å². The number of H-pyrrole nitrogens is 1. The molecule has 10 heteroatoms. The smallest absolute Gasteiger partial charge is 0.274 e. The number of nitrogens with one attached hydrogen (secondary N) is 2. The fourth-order valence-electron chi connectivity index (χ4n) is 4.04. The Morgan fingerprint density at radius 2 is 2.09 bits per heavy atom. The van der Waals surface area contributed by atoms with Gasteiger partial charge in [-0.15, -0.1) is 0 Å². The summed E-state index contributed by atoms with van der Waals surface area (Å²) in [6.45, 7) is 3.01. The van der Waals surface area contributed by atoms with Crippen LogP contribution in [-0.4, -0.2) is 56.1 Å². The lowest BCUT2D eigenvalue weighted by atomic mass is 9.80. The predicted molar refractivity (Wildman–Crippen MR) is 115 cm³/mol. The van der Waals surface area contributed by atoms with E-state index in [4.69, 9.17) is 0 Å². The van der Waals surface area contributed by atoms with Gasteiger partial charge in [0, 0.05) is 39.2 Å². The van der Waals surface area contributed by atoms with Crippen molar-refractivity contribution in [3.05, 3.63) is 58.0 Å². The van der Waals surface area contributed by atoms with Gasteiger partial charge >= 0.3 is 0 Å². The minimum Gasteiger partial charge on any atom is -0.355 e. The van der Waals surface area contributed by atoms with Crippen molar-refractivity contribution in [2.45, 2.75) is 26.2 Å². The normalized spacial score (nSPS) is 18.7. The molecule has 0 radical (unpaired) electrons. The van der Waals surface area contributed by atoms with E-state index in [9.17, 15) is 18.8 Å². The van der Waals surface area contributed by atoms with Crippen molar-refractivity contribution in [1.82, 2.24) is 30.0 Å². The van der Waals surface area contributed by atoms with Crippen LogP contribution in [0.2, 0.25) is 0 Å². The number of aryl methyl sites for hydroxylation is 1. The van der Waals surface area contributed by atoms with E-state index in [1.54, 1.807) is 11.0 Å². The van der Waals surface area contributed by atoms with Crippen molar-refractivity contribution in [2.24, 2.45) is 12.5 Å². The zero-order valence-corrected chi connectivity index (χ0v) is 18.0. The van der Waals surface area contributed by atoms with Crippen LogP contribution < -0.4 is 10.9 Å². The molecular weight excluding hydrogens is 415 g/mol. The predicted octanol–water partition coefficient (Wildman–Crippen LogP) is 1.40. The molecule has 0 bridgehead atoms. The highest BCUT2D eigenvalue weighted by Crippen LogP contribution is 2.30. The number of aromatic nitrogens is 4. The standard InChI is InChI=1S/C22H25FN6O3/c1-22(9-3-11-29(13-22)20(31)16-6-7-19(30)28(2)27-16)21(32)24-10-8-18-25-15-5-4-14(23)12-17(15)26-18/h4-7,12H,3,8-11,13H2,1-2H3,(H,24,32)(H,25,26)/t22-/m0/s1. The minimum absolute atomic E-state index is 0.134. The highest BCUT2D eigenvalue weighted by atomic mass is 19.1. The van der Waals surface area contributed by atoms with Gasteiger partial charge in [-0.2, -0.15) is 5.10 Å². The topological polar surface area (TPSA) is 113 Å². The Kier molecular flexibility index (Phi) is 5.77. The maximum Gasteiger partial charge on any atom is 0.274 e. The summed E-state index contributed by atoms with van der Waals surface area (Å²) in [5.74, 6) is -0.102. The van der Waals surface area contributed by atoms with E-state index in [0.29, 0.717) is 49.2 Å². The average molecular weight is 440 g/mol. The number of hydrogen-bond acceptors (Lipinski definition) is 5. The first-order valence-corrected chi connectivity index (χ1v) is 10.5. The highest BCUT2D eigenvalue weighted by Gasteiger charge is 2.39. The first-order chi connectivity index (χ1) is 15.2. The molecule has 0 aliphatic carbocycles. The van der Waals surface area contributed by atoms with Crippen LogP contribution in [0.15, 0.2) is 35.1 Å². The number of imidazole rings is 1. The van der Waals surface area contributed by atoms with E-state index in [2.05, 4.69) is 20.4 Å². The number of rotatable bonds is 5. The molecule has 4 rings (SSSR count). The number of piperidine rings is 1. The molecular formula is C22H25FN6O3. The third-order valence-corrected chi connectivity index (χ3v) is 5.85. The lowest BCUT2D eigenvalue weighted by molar-refractivity contribution is -0.132. The first kappa shape index (κ1) is 21.7.